The number of amides is 1. The van der Waals surface area contributed by atoms with Crippen molar-refractivity contribution in [3.05, 3.63) is 86.9 Å². The molecule has 40 heavy (non-hydrogen) atoms. The van der Waals surface area contributed by atoms with Crippen molar-refractivity contribution >= 4 is 57.8 Å². The van der Waals surface area contributed by atoms with Gasteiger partial charge in [-0.2, -0.15) is 4.80 Å². The van der Waals surface area contributed by atoms with Crippen LogP contribution in [0.1, 0.15) is 6.42 Å². The van der Waals surface area contributed by atoms with E-state index in [1.165, 1.54) is 16.9 Å². The molecule has 0 aliphatic carbocycles. The Bertz CT molecular complexity index is 1520. The van der Waals surface area contributed by atoms with E-state index in [9.17, 15) is 14.9 Å². The van der Waals surface area contributed by atoms with Gasteiger partial charge >= 0.3 is 0 Å². The predicted octanol–water partition coefficient (Wildman–Crippen LogP) is 4.84. The topological polar surface area (TPSA) is 149 Å². The number of non-ortho nitro benzene ring substituents is 1. The number of aromatic nitrogens is 4. The van der Waals surface area contributed by atoms with E-state index in [1.807, 2.05) is 0 Å². The van der Waals surface area contributed by atoms with E-state index in [-0.39, 0.29) is 24.0 Å². The van der Waals surface area contributed by atoms with Crippen LogP contribution < -0.4 is 20.7 Å². The average molecular weight is 601 g/mol. The van der Waals surface area contributed by atoms with Crippen molar-refractivity contribution in [2.24, 2.45) is 0 Å². The van der Waals surface area contributed by atoms with E-state index in [1.54, 1.807) is 54.6 Å². The summed E-state index contributed by atoms with van der Waals surface area (Å²) in [7, 11) is 0. The van der Waals surface area contributed by atoms with Gasteiger partial charge < -0.3 is 20.7 Å². The molecule has 12 nitrogen and oxygen atoms in total. The number of rotatable bonds is 11. The van der Waals surface area contributed by atoms with Crippen molar-refractivity contribution in [3.8, 4) is 22.9 Å². The number of anilines is 1. The number of hydrogen-bond donors (Lipinski definition) is 3. The van der Waals surface area contributed by atoms with Crippen molar-refractivity contribution < 1.29 is 14.5 Å². The van der Waals surface area contributed by atoms with Crippen molar-refractivity contribution in [3.63, 3.8) is 0 Å². The number of para-hydroxylation sites is 1. The van der Waals surface area contributed by atoms with Gasteiger partial charge in [0, 0.05) is 35.9 Å². The van der Waals surface area contributed by atoms with Crippen LogP contribution in [0.2, 0.25) is 10.0 Å². The molecule has 0 unspecified atom stereocenters. The molecule has 3 aromatic carbocycles. The lowest BCUT2D eigenvalue weighted by Gasteiger charge is -2.11. The van der Waals surface area contributed by atoms with E-state index >= 15 is 0 Å². The van der Waals surface area contributed by atoms with E-state index in [2.05, 4.69) is 31.4 Å². The summed E-state index contributed by atoms with van der Waals surface area (Å²) in [5.74, 6) is 0.881. The van der Waals surface area contributed by atoms with Gasteiger partial charge in [0.25, 0.3) is 5.69 Å². The summed E-state index contributed by atoms with van der Waals surface area (Å²) in [6.07, 6.45) is 0.599. The maximum atomic E-state index is 12.3. The fourth-order valence-electron chi connectivity index (χ4n) is 3.38. The lowest BCUT2D eigenvalue weighted by Crippen LogP contribution is -2.33. The Morgan fingerprint density at radius 1 is 1.02 bits per heavy atom. The van der Waals surface area contributed by atoms with Crippen molar-refractivity contribution in [1.82, 2.24) is 30.8 Å². The number of benzene rings is 3. The minimum atomic E-state index is -0.471. The molecule has 1 amide bonds. The quantitative estimate of drug-likeness (QED) is 0.0944. The fourth-order valence-corrected chi connectivity index (χ4v) is 4.05. The lowest BCUT2D eigenvalue weighted by molar-refractivity contribution is -0.384. The number of ether oxygens (including phenoxy) is 1. The normalized spacial score (nSPS) is 10.6. The number of tetrazole rings is 1. The Morgan fingerprint density at radius 2 is 1.77 bits per heavy atom. The molecule has 0 bridgehead atoms. The number of nitrogens with one attached hydrogen (secondary N) is 3. The summed E-state index contributed by atoms with van der Waals surface area (Å²) >= 11 is 17.4. The number of carbonyl (C=O) groups is 1. The van der Waals surface area contributed by atoms with Crippen LogP contribution in [0.15, 0.2) is 66.7 Å². The summed E-state index contributed by atoms with van der Waals surface area (Å²) in [6.45, 7) is 0.776. The van der Waals surface area contributed by atoms with Crippen LogP contribution in [-0.2, 0) is 11.3 Å². The second-order valence-electron chi connectivity index (χ2n) is 8.20. The van der Waals surface area contributed by atoms with E-state index < -0.39 is 4.92 Å². The fraction of sp³-hybridized carbons (Fsp3) is 0.160. The first-order valence-electron chi connectivity index (χ1n) is 11.8. The number of nitro benzene ring substituents is 1. The van der Waals surface area contributed by atoms with Gasteiger partial charge in [-0.1, -0.05) is 35.3 Å². The monoisotopic (exact) mass is 600 g/mol. The van der Waals surface area contributed by atoms with Crippen LogP contribution in [0.25, 0.3) is 11.4 Å². The molecule has 0 aliphatic heterocycles. The summed E-state index contributed by atoms with van der Waals surface area (Å²) in [6, 6.07) is 17.9. The zero-order valence-electron chi connectivity index (χ0n) is 20.7. The average Bonchev–Trinajstić information content (AvgIpc) is 3.38. The zero-order chi connectivity index (χ0) is 28.5. The molecule has 4 aromatic rings. The van der Waals surface area contributed by atoms with Crippen LogP contribution >= 0.6 is 35.4 Å². The van der Waals surface area contributed by atoms with Crippen LogP contribution in [0.5, 0.6) is 11.5 Å². The molecule has 0 fully saturated rings. The van der Waals surface area contributed by atoms with Crippen molar-refractivity contribution in [2.45, 2.75) is 13.0 Å². The Balaban J connectivity index is 1.21. The zero-order valence-corrected chi connectivity index (χ0v) is 23.0. The molecule has 206 valence electrons. The molecular formula is C25H22Cl2N8O4S. The largest absolute Gasteiger partial charge is 0.455 e. The third-order valence-electron chi connectivity index (χ3n) is 5.28. The van der Waals surface area contributed by atoms with Gasteiger partial charge in [-0.3, -0.25) is 14.9 Å². The number of thiocarbonyl (C=S) groups is 1. The summed E-state index contributed by atoms with van der Waals surface area (Å²) in [5, 5.41) is 33.0. The van der Waals surface area contributed by atoms with Crippen molar-refractivity contribution in [2.75, 3.05) is 18.4 Å². The van der Waals surface area contributed by atoms with Crippen LogP contribution in [0.3, 0.4) is 0 Å². The molecule has 15 heteroatoms. The highest BCUT2D eigenvalue weighted by Gasteiger charge is 2.15. The molecule has 0 saturated heterocycles. The van der Waals surface area contributed by atoms with Gasteiger partial charge in [0.2, 0.25) is 11.7 Å². The van der Waals surface area contributed by atoms with Gasteiger partial charge in [0.1, 0.15) is 18.0 Å². The van der Waals surface area contributed by atoms with Crippen molar-refractivity contribution in [1.29, 1.82) is 0 Å². The standard InChI is InChI=1S/C25H22Cl2N8O4S/c26-16-6-11-22(20(27)14-16)39-21-5-2-1-4-19(21)24-31-33-34(32-24)15-23(36)28-12-3-13-29-25(40)30-17-7-9-18(10-8-17)35(37)38/h1-2,4-11,14H,3,12-13,15H2,(H,28,36)(H2,29,30,40). The molecule has 0 atom stereocenters. The highest BCUT2D eigenvalue weighted by atomic mass is 35.5. The molecule has 4 rings (SSSR count). The molecule has 0 aliphatic rings. The number of hydrogen-bond acceptors (Lipinski definition) is 8. The second kappa shape index (κ2) is 13.6. The number of carbonyl (C=O) groups excluding carboxylic acids is 1. The molecule has 0 saturated carbocycles. The first kappa shape index (κ1) is 28.7. The third kappa shape index (κ3) is 8.09. The number of halogens is 2. The van der Waals surface area contributed by atoms with Gasteiger partial charge in [0.15, 0.2) is 5.11 Å². The maximum Gasteiger partial charge on any atom is 0.269 e. The minimum Gasteiger partial charge on any atom is -0.455 e. The first-order valence-corrected chi connectivity index (χ1v) is 13.0. The maximum absolute atomic E-state index is 12.3. The SMILES string of the molecule is O=C(Cn1nnc(-c2ccccc2Oc2ccc(Cl)cc2Cl)n1)NCCCNC(=S)Nc1ccc([N+](=O)[O-])cc1. The van der Waals surface area contributed by atoms with E-state index in [0.29, 0.717) is 57.4 Å². The van der Waals surface area contributed by atoms with Gasteiger partial charge in [-0.15, -0.1) is 10.2 Å². The molecule has 3 N–H and O–H groups in total. The van der Waals surface area contributed by atoms with Crippen LogP contribution in [-0.4, -0.2) is 49.2 Å². The lowest BCUT2D eigenvalue weighted by atomic mass is 10.2. The van der Waals surface area contributed by atoms with Gasteiger partial charge in [-0.25, -0.2) is 0 Å². The molecule has 0 spiro atoms. The summed E-state index contributed by atoms with van der Waals surface area (Å²) in [4.78, 5) is 23.8. The predicted molar refractivity (Wildman–Crippen MR) is 155 cm³/mol. The smallest absolute Gasteiger partial charge is 0.269 e. The Labute approximate surface area is 243 Å². The first-order chi connectivity index (χ1) is 19.3. The van der Waals surface area contributed by atoms with Gasteiger partial charge in [0.05, 0.1) is 15.5 Å². The minimum absolute atomic E-state index is 0.00386. The molecule has 1 aromatic heterocycles. The second-order valence-corrected chi connectivity index (χ2v) is 9.46. The van der Waals surface area contributed by atoms with E-state index in [0.717, 1.165) is 0 Å². The molecule has 1 heterocycles. The Kier molecular flexibility index (Phi) is 9.78. The number of nitro groups is 1. The highest BCUT2D eigenvalue weighted by molar-refractivity contribution is 7.80. The molecular weight excluding hydrogens is 579 g/mol. The van der Waals surface area contributed by atoms with Crippen LogP contribution in [0.4, 0.5) is 11.4 Å². The summed E-state index contributed by atoms with van der Waals surface area (Å²) < 4.78 is 5.95. The Morgan fingerprint density at radius 3 is 2.52 bits per heavy atom. The molecule has 0 radical (unpaired) electrons. The highest BCUT2D eigenvalue weighted by Crippen LogP contribution is 2.35. The van der Waals surface area contributed by atoms with Gasteiger partial charge in [-0.05, 0) is 66.3 Å². The Hall–Kier alpha value is -4.33. The third-order valence-corrected chi connectivity index (χ3v) is 6.05. The summed E-state index contributed by atoms with van der Waals surface area (Å²) in [5.41, 5.74) is 1.19. The van der Waals surface area contributed by atoms with E-state index in [4.69, 9.17) is 40.2 Å². The van der Waals surface area contributed by atoms with Crippen LogP contribution in [0, 0.1) is 10.1 Å². The number of nitrogens with zero attached hydrogens (tertiary/aromatic N) is 5.